The molecule has 1 saturated heterocycles. The summed E-state index contributed by atoms with van der Waals surface area (Å²) in [4.78, 5) is 26.8. The van der Waals surface area contributed by atoms with E-state index >= 15 is 8.78 Å². The summed E-state index contributed by atoms with van der Waals surface area (Å²) in [7, 11) is 0. The summed E-state index contributed by atoms with van der Waals surface area (Å²) in [6.45, 7) is -0.0322. The van der Waals surface area contributed by atoms with Gasteiger partial charge in [-0.3, -0.25) is 4.79 Å². The van der Waals surface area contributed by atoms with Crippen molar-refractivity contribution in [1.29, 1.82) is 0 Å². The second-order valence-electron chi connectivity index (χ2n) is 8.08. The van der Waals surface area contributed by atoms with Gasteiger partial charge in [0.2, 0.25) is 5.91 Å². The number of hydrogen-bond acceptors (Lipinski definition) is 3. The molecule has 1 aliphatic heterocycles. The molecule has 0 bridgehead atoms. The molecule has 1 fully saturated rings. The maximum Gasteiger partial charge on any atom is 0.416 e. The lowest BCUT2D eigenvalue weighted by molar-refractivity contribution is -0.137. The molecule has 1 heterocycles. The van der Waals surface area contributed by atoms with Crippen LogP contribution in [0.3, 0.4) is 0 Å². The number of nitrogens with zero attached hydrogens (tertiary/aromatic N) is 1. The number of rotatable bonds is 5. The molecule has 2 N–H and O–H groups in total. The van der Waals surface area contributed by atoms with E-state index in [1.807, 2.05) is 5.32 Å². The smallest absolute Gasteiger partial charge is 0.326 e. The van der Waals surface area contributed by atoms with Gasteiger partial charge in [0.25, 0.3) is 0 Å². The van der Waals surface area contributed by atoms with Gasteiger partial charge in [-0.1, -0.05) is 18.2 Å². The van der Waals surface area contributed by atoms with Gasteiger partial charge in [0.15, 0.2) is 11.6 Å². The van der Waals surface area contributed by atoms with E-state index in [0.717, 1.165) is 15.9 Å². The van der Waals surface area contributed by atoms with Gasteiger partial charge in [-0.25, -0.2) is 18.0 Å². The number of amides is 3. The Morgan fingerprint density at radius 1 is 1.00 bits per heavy atom. The Labute approximate surface area is 211 Å². The Morgan fingerprint density at radius 3 is 2.41 bits per heavy atom. The van der Waals surface area contributed by atoms with Crippen LogP contribution in [0.4, 0.5) is 42.5 Å². The Morgan fingerprint density at radius 2 is 1.73 bits per heavy atom. The minimum atomic E-state index is -4.76. The lowest BCUT2D eigenvalue weighted by Crippen LogP contribution is -2.43. The first-order valence-electron chi connectivity index (χ1n) is 10.9. The highest BCUT2D eigenvalue weighted by Crippen LogP contribution is 2.36. The third-order valence-electron chi connectivity index (χ3n) is 5.81. The minimum Gasteiger partial charge on any atom is -0.326 e. The van der Waals surface area contributed by atoms with Crippen molar-refractivity contribution >= 4 is 35.1 Å². The van der Waals surface area contributed by atoms with E-state index in [1.165, 1.54) is 23.9 Å². The molecule has 0 spiro atoms. The van der Waals surface area contributed by atoms with Crippen molar-refractivity contribution in [1.82, 2.24) is 5.32 Å². The molecule has 5 nitrogen and oxygen atoms in total. The fourth-order valence-corrected chi connectivity index (χ4v) is 4.60. The van der Waals surface area contributed by atoms with Crippen LogP contribution < -0.4 is 15.5 Å². The number of anilines is 2. The van der Waals surface area contributed by atoms with Crippen LogP contribution in [0, 0.1) is 17.5 Å². The summed E-state index contributed by atoms with van der Waals surface area (Å²) in [5.41, 5.74) is -1.52. The molecular formula is C25H19F6N3O2S. The predicted octanol–water partition coefficient (Wildman–Crippen LogP) is 6.44. The van der Waals surface area contributed by atoms with Crippen LogP contribution in [0.1, 0.15) is 12.0 Å². The molecule has 3 aromatic rings. The number of nitrogens with one attached hydrogen (secondary N) is 2. The largest absolute Gasteiger partial charge is 0.416 e. The van der Waals surface area contributed by atoms with Crippen molar-refractivity contribution in [3.05, 3.63) is 77.6 Å². The van der Waals surface area contributed by atoms with Crippen molar-refractivity contribution in [3.63, 3.8) is 0 Å². The highest BCUT2D eigenvalue weighted by molar-refractivity contribution is 7.98. The lowest BCUT2D eigenvalue weighted by Gasteiger charge is -2.20. The third kappa shape index (κ3) is 5.38. The van der Waals surface area contributed by atoms with Crippen LogP contribution >= 0.6 is 11.8 Å². The van der Waals surface area contributed by atoms with Crippen molar-refractivity contribution in [3.8, 4) is 11.1 Å². The Kier molecular flexibility index (Phi) is 7.39. The molecule has 3 aromatic carbocycles. The number of hydrogen-bond donors (Lipinski definition) is 2. The molecule has 194 valence electrons. The van der Waals surface area contributed by atoms with E-state index in [0.29, 0.717) is 11.6 Å². The van der Waals surface area contributed by atoms with Gasteiger partial charge in [0.1, 0.15) is 11.9 Å². The van der Waals surface area contributed by atoms with Gasteiger partial charge in [-0.2, -0.15) is 13.2 Å². The second-order valence-corrected chi connectivity index (χ2v) is 8.93. The molecule has 0 radical (unpaired) electrons. The molecule has 4 rings (SSSR count). The predicted molar refractivity (Wildman–Crippen MR) is 128 cm³/mol. The molecule has 0 aliphatic carbocycles. The zero-order valence-corrected chi connectivity index (χ0v) is 19.9. The van der Waals surface area contributed by atoms with Gasteiger partial charge in [0, 0.05) is 17.0 Å². The SMILES string of the molecule is CSc1ccccc1-c1ccc(N2CCC(NC(=O)Nc3ccc(C(F)(F)F)cc3F)C2=O)c(F)c1F. The van der Waals surface area contributed by atoms with Gasteiger partial charge < -0.3 is 15.5 Å². The number of carbonyl (C=O) groups is 2. The van der Waals surface area contributed by atoms with Crippen molar-refractivity contribution in [2.45, 2.75) is 23.5 Å². The van der Waals surface area contributed by atoms with E-state index in [-0.39, 0.29) is 30.3 Å². The van der Waals surface area contributed by atoms with Crippen LogP contribution in [0.5, 0.6) is 0 Å². The minimum absolute atomic E-state index is 0.0322. The first kappa shape index (κ1) is 26.4. The highest BCUT2D eigenvalue weighted by Gasteiger charge is 2.36. The Bertz CT molecular complexity index is 1360. The summed E-state index contributed by atoms with van der Waals surface area (Å²) >= 11 is 1.37. The first-order valence-corrected chi connectivity index (χ1v) is 12.1. The van der Waals surface area contributed by atoms with Crippen LogP contribution in [-0.4, -0.2) is 30.8 Å². The first-order chi connectivity index (χ1) is 17.5. The van der Waals surface area contributed by atoms with Gasteiger partial charge >= 0.3 is 12.2 Å². The van der Waals surface area contributed by atoms with Gasteiger partial charge in [-0.15, -0.1) is 11.8 Å². The fraction of sp³-hybridized carbons (Fsp3) is 0.200. The summed E-state index contributed by atoms with van der Waals surface area (Å²) in [6.07, 6.45) is -2.91. The summed E-state index contributed by atoms with van der Waals surface area (Å²) in [6, 6.07) is 8.94. The number of thioether (sulfide) groups is 1. The Balaban J connectivity index is 1.47. The zero-order chi connectivity index (χ0) is 26.9. The quantitative estimate of drug-likeness (QED) is 0.290. The topological polar surface area (TPSA) is 61.4 Å². The van der Waals surface area contributed by atoms with Gasteiger partial charge in [0.05, 0.1) is 16.9 Å². The average Bonchev–Trinajstić information content (AvgIpc) is 3.21. The van der Waals surface area contributed by atoms with E-state index < -0.39 is 52.9 Å². The van der Waals surface area contributed by atoms with Crippen LogP contribution in [-0.2, 0) is 11.0 Å². The molecule has 1 aliphatic rings. The molecule has 0 saturated carbocycles. The van der Waals surface area contributed by atoms with Crippen LogP contribution in [0.2, 0.25) is 0 Å². The lowest BCUT2D eigenvalue weighted by atomic mass is 10.0. The van der Waals surface area contributed by atoms with E-state index in [1.54, 1.807) is 30.5 Å². The average molecular weight is 540 g/mol. The molecule has 37 heavy (non-hydrogen) atoms. The van der Waals surface area contributed by atoms with Gasteiger partial charge in [-0.05, 0) is 54.6 Å². The van der Waals surface area contributed by atoms with E-state index in [4.69, 9.17) is 0 Å². The molecule has 3 amide bonds. The van der Waals surface area contributed by atoms with Crippen molar-refractivity contribution < 1.29 is 35.9 Å². The fourth-order valence-electron chi connectivity index (χ4n) is 3.99. The number of carbonyl (C=O) groups excluding carboxylic acids is 2. The Hall–Kier alpha value is -3.67. The highest BCUT2D eigenvalue weighted by atomic mass is 32.2. The molecule has 1 atom stereocenters. The molecule has 0 aromatic heterocycles. The normalized spacial score (nSPS) is 15.7. The summed E-state index contributed by atoms with van der Waals surface area (Å²) < 4.78 is 82.1. The monoisotopic (exact) mass is 539 g/mol. The van der Waals surface area contributed by atoms with Crippen LogP contribution in [0.25, 0.3) is 11.1 Å². The maximum absolute atomic E-state index is 15.0. The van der Waals surface area contributed by atoms with Crippen molar-refractivity contribution in [2.75, 3.05) is 23.0 Å². The summed E-state index contributed by atoms with van der Waals surface area (Å²) in [5.74, 6) is -4.39. The number of benzene rings is 3. The van der Waals surface area contributed by atoms with Crippen LogP contribution in [0.15, 0.2) is 59.5 Å². The molecule has 1 unspecified atom stereocenters. The van der Waals surface area contributed by atoms with E-state index in [2.05, 4.69) is 5.32 Å². The number of urea groups is 1. The standard InChI is InChI=1S/C25H19F6N3O2S/c1-37-20-5-3-2-4-14(20)15-7-9-19(22(28)21(15)27)34-11-10-18(23(34)35)33-24(36)32-17-8-6-13(12-16(17)26)25(29,30)31/h2-9,12,18H,10-11H2,1H3,(H2,32,33,36). The second kappa shape index (κ2) is 10.4. The molecule has 12 heteroatoms. The van der Waals surface area contributed by atoms with Crippen molar-refractivity contribution in [2.24, 2.45) is 0 Å². The third-order valence-corrected chi connectivity index (χ3v) is 6.60. The molecular weight excluding hydrogens is 520 g/mol. The van der Waals surface area contributed by atoms with E-state index in [9.17, 15) is 27.2 Å². The zero-order valence-electron chi connectivity index (χ0n) is 19.1. The maximum atomic E-state index is 15.0. The number of halogens is 6. The summed E-state index contributed by atoms with van der Waals surface area (Å²) in [5, 5.41) is 4.33. The number of alkyl halides is 3.